The number of anilines is 1. The van der Waals surface area contributed by atoms with Gasteiger partial charge in [0.25, 0.3) is 5.89 Å². The van der Waals surface area contributed by atoms with Crippen LogP contribution >= 0.6 is 10.6 Å². The van der Waals surface area contributed by atoms with Gasteiger partial charge in [0.1, 0.15) is 0 Å². The van der Waals surface area contributed by atoms with Gasteiger partial charge >= 0.3 is 0 Å². The number of aromatic nitrogens is 4. The van der Waals surface area contributed by atoms with Gasteiger partial charge in [0.15, 0.2) is 11.5 Å². The lowest BCUT2D eigenvalue weighted by molar-refractivity contribution is 0.475. The molecular weight excluding hydrogens is 464 g/mol. The van der Waals surface area contributed by atoms with E-state index in [9.17, 15) is 9.11 Å². The Kier molecular flexibility index (Phi) is 7.18. The Hall–Kier alpha value is -3.31. The van der Waals surface area contributed by atoms with Crippen molar-refractivity contribution < 1.29 is 16.4 Å². The second-order valence-electron chi connectivity index (χ2n) is 8.45. The van der Waals surface area contributed by atoms with E-state index in [1.165, 1.54) is 0 Å². The van der Waals surface area contributed by atoms with Crippen molar-refractivity contribution in [2.75, 3.05) is 12.8 Å². The summed E-state index contributed by atoms with van der Waals surface area (Å²) in [5.41, 5.74) is 10.5. The van der Waals surface area contributed by atoms with Gasteiger partial charge in [-0.3, -0.25) is 9.11 Å². The van der Waals surface area contributed by atoms with Gasteiger partial charge in [0.05, 0.1) is 16.8 Å². The van der Waals surface area contributed by atoms with Crippen LogP contribution in [-0.2, 0) is 13.0 Å². The fourth-order valence-corrected chi connectivity index (χ4v) is 5.03. The Morgan fingerprint density at radius 2 is 1.74 bits per heavy atom. The lowest BCUT2D eigenvalue weighted by atomic mass is 10.1. The second-order valence-corrected chi connectivity index (χ2v) is 11.0. The molecule has 10 heteroatoms. The highest BCUT2D eigenvalue weighted by Gasteiger charge is 2.24. The standard InChI is InChI=1S/C25H30N6O3S.2H2/c1-5-17-12-19(10-11-21(17)35(32,33)15(2)3)20-14-28-23(26)22(29-20)25-31-30-24(34-25)18-8-6-16(7-9-18)13-27-4;;/h6-12,14-15,27,32-33H,5,13H2,1-4H3,(H2,26,28);2*1H. The molecule has 0 atom stereocenters. The minimum Gasteiger partial charge on any atom is -0.414 e. The fourth-order valence-electron chi connectivity index (χ4n) is 3.66. The van der Waals surface area contributed by atoms with Crippen molar-refractivity contribution in [1.29, 1.82) is 0 Å². The first-order chi connectivity index (χ1) is 16.7. The van der Waals surface area contributed by atoms with Crippen molar-refractivity contribution in [3.8, 4) is 34.3 Å². The van der Waals surface area contributed by atoms with Crippen LogP contribution in [0.5, 0.6) is 0 Å². The van der Waals surface area contributed by atoms with Gasteiger partial charge in [0.2, 0.25) is 5.89 Å². The van der Waals surface area contributed by atoms with E-state index in [-0.39, 0.29) is 19.8 Å². The first-order valence-electron chi connectivity index (χ1n) is 11.3. The summed E-state index contributed by atoms with van der Waals surface area (Å²) >= 11 is 0. The molecule has 2 heterocycles. The quantitative estimate of drug-likeness (QED) is 0.239. The minimum absolute atomic E-state index is 0. The predicted molar refractivity (Wildman–Crippen MR) is 143 cm³/mol. The van der Waals surface area contributed by atoms with E-state index in [1.807, 2.05) is 44.3 Å². The number of benzene rings is 2. The predicted octanol–water partition coefficient (Wildman–Crippen LogP) is 5.73. The van der Waals surface area contributed by atoms with Crippen molar-refractivity contribution in [2.45, 2.75) is 43.9 Å². The third kappa shape index (κ3) is 5.06. The van der Waals surface area contributed by atoms with Crippen LogP contribution < -0.4 is 11.1 Å². The number of aryl methyl sites for hydroxylation is 1. The molecule has 2 aromatic carbocycles. The van der Waals surface area contributed by atoms with Crippen LogP contribution in [0.4, 0.5) is 5.82 Å². The summed E-state index contributed by atoms with van der Waals surface area (Å²) in [6.45, 7) is 6.35. The van der Waals surface area contributed by atoms with Gasteiger partial charge in [-0.25, -0.2) is 9.97 Å². The number of rotatable bonds is 8. The molecule has 0 saturated carbocycles. The molecule has 0 aliphatic heterocycles. The number of nitrogens with zero attached hydrogens (tertiary/aromatic N) is 4. The van der Waals surface area contributed by atoms with Crippen LogP contribution in [0.1, 0.15) is 34.8 Å². The van der Waals surface area contributed by atoms with Gasteiger partial charge < -0.3 is 15.5 Å². The van der Waals surface area contributed by atoms with E-state index in [1.54, 1.807) is 32.2 Å². The van der Waals surface area contributed by atoms with Crippen molar-refractivity contribution in [1.82, 2.24) is 25.5 Å². The summed E-state index contributed by atoms with van der Waals surface area (Å²) < 4.78 is 27.2. The molecule has 0 radical (unpaired) electrons. The van der Waals surface area contributed by atoms with Crippen molar-refractivity contribution in [3.05, 3.63) is 59.8 Å². The van der Waals surface area contributed by atoms with E-state index in [4.69, 9.17) is 10.2 Å². The molecule has 9 nitrogen and oxygen atoms in total. The van der Waals surface area contributed by atoms with Crippen molar-refractivity contribution in [2.24, 2.45) is 0 Å². The van der Waals surface area contributed by atoms with Crippen LogP contribution in [0.2, 0.25) is 0 Å². The SMILES string of the molecule is CCc1cc(-c2cnc(N)c(-c3nnc(-c4ccc(CNC)cc4)o3)n2)ccc1S(O)(O)C(C)C.[HH].[HH]. The highest BCUT2D eigenvalue weighted by molar-refractivity contribution is 8.24. The fraction of sp³-hybridized carbons (Fsp3) is 0.280. The van der Waals surface area contributed by atoms with E-state index < -0.39 is 10.6 Å². The van der Waals surface area contributed by atoms with Crippen LogP contribution in [0.15, 0.2) is 58.0 Å². The number of hydrogen-bond donors (Lipinski definition) is 4. The molecule has 0 aliphatic rings. The van der Waals surface area contributed by atoms with E-state index >= 15 is 0 Å². The summed E-state index contributed by atoms with van der Waals surface area (Å²) in [5.74, 6) is 0.709. The van der Waals surface area contributed by atoms with E-state index in [0.717, 1.165) is 28.8 Å². The lowest BCUT2D eigenvalue weighted by Crippen LogP contribution is -2.12. The zero-order valence-corrected chi connectivity index (χ0v) is 21.0. The molecule has 0 spiro atoms. The van der Waals surface area contributed by atoms with Crippen LogP contribution in [0, 0.1) is 0 Å². The lowest BCUT2D eigenvalue weighted by Gasteiger charge is -2.38. The van der Waals surface area contributed by atoms with Gasteiger partial charge in [-0.1, -0.05) is 25.1 Å². The van der Waals surface area contributed by atoms with Crippen molar-refractivity contribution in [3.63, 3.8) is 0 Å². The smallest absolute Gasteiger partial charge is 0.270 e. The van der Waals surface area contributed by atoms with Crippen molar-refractivity contribution >= 4 is 16.4 Å². The highest BCUT2D eigenvalue weighted by Crippen LogP contribution is 2.54. The molecule has 0 amide bonds. The van der Waals surface area contributed by atoms with Crippen LogP contribution in [0.3, 0.4) is 0 Å². The third-order valence-corrected chi connectivity index (χ3v) is 8.09. The molecule has 0 fully saturated rings. The first kappa shape index (κ1) is 24.8. The largest absolute Gasteiger partial charge is 0.414 e. The number of hydrogen-bond acceptors (Lipinski definition) is 9. The van der Waals surface area contributed by atoms with Crippen LogP contribution in [-0.4, -0.2) is 41.6 Å². The molecule has 188 valence electrons. The number of nitrogens with two attached hydrogens (primary N) is 1. The summed E-state index contributed by atoms with van der Waals surface area (Å²) in [5, 5.41) is 11.1. The number of nitrogen functional groups attached to an aromatic ring is 1. The molecular formula is C25H34N6O3S. The summed E-state index contributed by atoms with van der Waals surface area (Å²) in [4.78, 5) is 9.50. The number of nitrogens with one attached hydrogen (secondary N) is 1. The maximum Gasteiger partial charge on any atom is 0.270 e. The Balaban J connectivity index is 0.00000241. The van der Waals surface area contributed by atoms with E-state index in [2.05, 4.69) is 25.5 Å². The van der Waals surface area contributed by atoms with Gasteiger partial charge in [0, 0.05) is 25.8 Å². The molecule has 0 aliphatic carbocycles. The molecule has 0 saturated heterocycles. The minimum atomic E-state index is -2.90. The Labute approximate surface area is 209 Å². The Morgan fingerprint density at radius 3 is 2.40 bits per heavy atom. The van der Waals surface area contributed by atoms with E-state index in [0.29, 0.717) is 28.6 Å². The maximum absolute atomic E-state index is 10.7. The average Bonchev–Trinajstić information content (AvgIpc) is 3.34. The molecule has 0 bridgehead atoms. The molecule has 35 heavy (non-hydrogen) atoms. The monoisotopic (exact) mass is 498 g/mol. The Morgan fingerprint density at radius 1 is 1.06 bits per heavy atom. The van der Waals surface area contributed by atoms with Gasteiger partial charge in [-0.05, 0) is 62.7 Å². The average molecular weight is 499 g/mol. The second kappa shape index (κ2) is 10.1. The van der Waals surface area contributed by atoms with Gasteiger partial charge in [-0.15, -0.1) is 10.2 Å². The third-order valence-electron chi connectivity index (χ3n) is 5.73. The van der Waals surface area contributed by atoms with Gasteiger partial charge in [-0.2, -0.15) is 10.6 Å². The summed E-state index contributed by atoms with van der Waals surface area (Å²) in [7, 11) is -1.00. The molecule has 0 unspecified atom stereocenters. The molecule has 4 aromatic rings. The maximum atomic E-state index is 10.7. The first-order valence-corrected chi connectivity index (χ1v) is 13.0. The highest BCUT2D eigenvalue weighted by atomic mass is 32.3. The summed E-state index contributed by atoms with van der Waals surface area (Å²) in [6.07, 6.45) is 2.21. The zero-order chi connectivity index (χ0) is 25.2. The Bertz CT molecular complexity index is 1330. The zero-order valence-electron chi connectivity index (χ0n) is 20.2. The summed E-state index contributed by atoms with van der Waals surface area (Å²) in [6, 6.07) is 13.3. The van der Waals surface area contributed by atoms with Crippen LogP contribution in [0.25, 0.3) is 34.3 Å². The molecule has 5 N–H and O–H groups in total. The topological polar surface area (TPSA) is 143 Å². The normalized spacial score (nSPS) is 12.3. The molecule has 2 aromatic heterocycles. The molecule has 4 rings (SSSR count).